The third kappa shape index (κ3) is 2.84. The molecule has 23 heavy (non-hydrogen) atoms. The summed E-state index contributed by atoms with van der Waals surface area (Å²) < 4.78 is 0. The summed E-state index contributed by atoms with van der Waals surface area (Å²) in [7, 11) is 0. The molecule has 1 aromatic carbocycles. The molecule has 2 heterocycles. The highest BCUT2D eigenvalue weighted by Gasteiger charge is 2.15. The number of benzene rings is 1. The Morgan fingerprint density at radius 2 is 2.22 bits per heavy atom. The SMILES string of the molecule is C=Cc1nc(Cc2cccc(C#N)c2)nc2[nH]c(CC)c(Cl)c12. The van der Waals surface area contributed by atoms with Gasteiger partial charge < -0.3 is 4.98 Å². The second-order valence-corrected chi connectivity index (χ2v) is 5.59. The van der Waals surface area contributed by atoms with Gasteiger partial charge >= 0.3 is 0 Å². The average molecular weight is 323 g/mol. The van der Waals surface area contributed by atoms with Crippen molar-refractivity contribution in [3.05, 3.63) is 64.2 Å². The molecule has 0 aliphatic heterocycles. The van der Waals surface area contributed by atoms with E-state index in [1.165, 1.54) is 0 Å². The van der Waals surface area contributed by atoms with E-state index in [4.69, 9.17) is 16.9 Å². The number of halogens is 1. The normalized spacial score (nSPS) is 10.7. The molecule has 5 heteroatoms. The second-order valence-electron chi connectivity index (χ2n) is 5.21. The summed E-state index contributed by atoms with van der Waals surface area (Å²) in [6.45, 7) is 5.86. The maximum absolute atomic E-state index is 9.00. The van der Waals surface area contributed by atoms with Crippen molar-refractivity contribution in [2.45, 2.75) is 19.8 Å². The average Bonchev–Trinajstić information content (AvgIpc) is 2.90. The third-order valence-corrected chi connectivity index (χ3v) is 4.12. The molecule has 0 bridgehead atoms. The van der Waals surface area contributed by atoms with Crippen LogP contribution in [0.4, 0.5) is 0 Å². The summed E-state index contributed by atoms with van der Waals surface area (Å²) in [6, 6.07) is 9.59. The van der Waals surface area contributed by atoms with Crippen LogP contribution >= 0.6 is 11.6 Å². The molecule has 0 aliphatic carbocycles. The molecule has 2 aromatic heterocycles. The number of hydrogen-bond donors (Lipinski definition) is 1. The maximum atomic E-state index is 9.00. The Balaban J connectivity index is 2.08. The van der Waals surface area contributed by atoms with Crippen LogP contribution in [0.2, 0.25) is 5.02 Å². The van der Waals surface area contributed by atoms with Crippen LogP contribution in [0.15, 0.2) is 30.8 Å². The molecule has 1 N–H and O–H groups in total. The van der Waals surface area contributed by atoms with Crippen LogP contribution in [0.1, 0.15) is 35.3 Å². The lowest BCUT2D eigenvalue weighted by atomic mass is 10.1. The zero-order valence-corrected chi connectivity index (χ0v) is 13.5. The molecule has 3 rings (SSSR count). The van der Waals surface area contributed by atoms with Crippen LogP contribution in [0.3, 0.4) is 0 Å². The summed E-state index contributed by atoms with van der Waals surface area (Å²) >= 11 is 6.40. The third-order valence-electron chi connectivity index (χ3n) is 3.70. The molecule has 0 spiro atoms. The zero-order valence-electron chi connectivity index (χ0n) is 12.7. The molecule has 114 valence electrons. The number of nitriles is 1. The van der Waals surface area contributed by atoms with Gasteiger partial charge in [-0.1, -0.05) is 37.2 Å². The van der Waals surface area contributed by atoms with E-state index in [0.29, 0.717) is 22.8 Å². The number of aryl methyl sites for hydroxylation is 1. The maximum Gasteiger partial charge on any atom is 0.143 e. The van der Waals surface area contributed by atoms with E-state index >= 15 is 0 Å². The van der Waals surface area contributed by atoms with Crippen molar-refractivity contribution in [1.82, 2.24) is 15.0 Å². The molecule has 0 atom stereocenters. The van der Waals surface area contributed by atoms with Crippen molar-refractivity contribution < 1.29 is 0 Å². The van der Waals surface area contributed by atoms with Crippen LogP contribution in [-0.4, -0.2) is 15.0 Å². The fourth-order valence-electron chi connectivity index (χ4n) is 2.59. The van der Waals surface area contributed by atoms with Crippen molar-refractivity contribution in [3.63, 3.8) is 0 Å². The van der Waals surface area contributed by atoms with Gasteiger partial charge in [-0.3, -0.25) is 0 Å². The Hall–Kier alpha value is -2.64. The zero-order chi connectivity index (χ0) is 16.4. The molecule has 0 saturated carbocycles. The second kappa shape index (κ2) is 6.23. The van der Waals surface area contributed by atoms with Crippen LogP contribution in [-0.2, 0) is 12.8 Å². The molecule has 3 aromatic rings. The number of aromatic nitrogens is 3. The first kappa shape index (κ1) is 15.3. The van der Waals surface area contributed by atoms with Crippen LogP contribution < -0.4 is 0 Å². The highest BCUT2D eigenvalue weighted by atomic mass is 35.5. The highest BCUT2D eigenvalue weighted by molar-refractivity contribution is 6.36. The first-order valence-corrected chi connectivity index (χ1v) is 7.72. The molecular weight excluding hydrogens is 308 g/mol. The molecule has 0 fully saturated rings. The van der Waals surface area contributed by atoms with Gasteiger partial charge in [0.1, 0.15) is 11.5 Å². The largest absolute Gasteiger partial charge is 0.342 e. The summed E-state index contributed by atoms with van der Waals surface area (Å²) in [5, 5.41) is 10.5. The first-order chi connectivity index (χ1) is 11.2. The van der Waals surface area contributed by atoms with E-state index in [1.807, 2.05) is 25.1 Å². The Morgan fingerprint density at radius 3 is 2.91 bits per heavy atom. The van der Waals surface area contributed by atoms with Gasteiger partial charge in [0.2, 0.25) is 0 Å². The molecular formula is C18H15ClN4. The standard InChI is InChI=1S/C18H15ClN4/c1-3-13-16-17(19)14(4-2)22-18(16)23-15(21-13)9-11-6-5-7-12(8-11)10-20/h3,5-8H,1,4,9H2,2H3,(H,21,22,23). The molecule has 0 aliphatic rings. The van der Waals surface area contributed by atoms with Gasteiger partial charge in [0, 0.05) is 12.1 Å². The van der Waals surface area contributed by atoms with Gasteiger partial charge in [-0.15, -0.1) is 0 Å². The predicted molar refractivity (Wildman–Crippen MR) is 92.3 cm³/mol. The molecule has 0 unspecified atom stereocenters. The molecule has 0 amide bonds. The van der Waals surface area contributed by atoms with E-state index in [1.54, 1.807) is 12.1 Å². The lowest BCUT2D eigenvalue weighted by Crippen LogP contribution is -1.99. The highest BCUT2D eigenvalue weighted by Crippen LogP contribution is 2.30. The summed E-state index contributed by atoms with van der Waals surface area (Å²) in [4.78, 5) is 12.4. The molecule has 0 radical (unpaired) electrons. The van der Waals surface area contributed by atoms with Crippen LogP contribution in [0.25, 0.3) is 17.1 Å². The van der Waals surface area contributed by atoms with Crippen molar-refractivity contribution in [2.75, 3.05) is 0 Å². The molecule has 4 nitrogen and oxygen atoms in total. The van der Waals surface area contributed by atoms with E-state index in [9.17, 15) is 0 Å². The number of hydrogen-bond acceptors (Lipinski definition) is 3. The first-order valence-electron chi connectivity index (χ1n) is 7.34. The minimum absolute atomic E-state index is 0.546. The van der Waals surface area contributed by atoms with Gasteiger partial charge in [-0.25, -0.2) is 9.97 Å². The van der Waals surface area contributed by atoms with Gasteiger partial charge in [-0.05, 0) is 30.2 Å². The van der Waals surface area contributed by atoms with E-state index < -0.39 is 0 Å². The van der Waals surface area contributed by atoms with Gasteiger partial charge in [0.15, 0.2) is 0 Å². The number of nitrogens with one attached hydrogen (secondary N) is 1. The Morgan fingerprint density at radius 1 is 1.39 bits per heavy atom. The lowest BCUT2D eigenvalue weighted by molar-refractivity contribution is 0.976. The van der Waals surface area contributed by atoms with Gasteiger partial charge in [0.05, 0.1) is 27.7 Å². The smallest absolute Gasteiger partial charge is 0.143 e. The fourth-order valence-corrected chi connectivity index (χ4v) is 2.95. The van der Waals surface area contributed by atoms with E-state index in [0.717, 1.165) is 34.4 Å². The van der Waals surface area contributed by atoms with Crippen molar-refractivity contribution in [2.24, 2.45) is 0 Å². The Bertz CT molecular complexity index is 934. The summed E-state index contributed by atoms with van der Waals surface area (Å²) in [6.07, 6.45) is 3.04. The Kier molecular flexibility index (Phi) is 4.14. The van der Waals surface area contributed by atoms with Gasteiger partial charge in [0.25, 0.3) is 0 Å². The van der Waals surface area contributed by atoms with Crippen LogP contribution in [0, 0.1) is 11.3 Å². The minimum Gasteiger partial charge on any atom is -0.342 e. The van der Waals surface area contributed by atoms with Crippen LogP contribution in [0.5, 0.6) is 0 Å². The van der Waals surface area contributed by atoms with Crippen molar-refractivity contribution in [3.8, 4) is 6.07 Å². The number of nitrogens with zero attached hydrogens (tertiary/aromatic N) is 3. The summed E-state index contributed by atoms with van der Waals surface area (Å²) in [5.41, 5.74) is 4.02. The van der Waals surface area contributed by atoms with Crippen molar-refractivity contribution in [1.29, 1.82) is 5.26 Å². The number of aromatic amines is 1. The van der Waals surface area contributed by atoms with E-state index in [-0.39, 0.29) is 0 Å². The summed E-state index contributed by atoms with van der Waals surface area (Å²) in [5.74, 6) is 0.669. The minimum atomic E-state index is 0.546. The monoisotopic (exact) mass is 322 g/mol. The van der Waals surface area contributed by atoms with E-state index in [2.05, 4.69) is 27.6 Å². The fraction of sp³-hybridized carbons (Fsp3) is 0.167. The van der Waals surface area contributed by atoms with Gasteiger partial charge in [-0.2, -0.15) is 5.26 Å². The quantitative estimate of drug-likeness (QED) is 0.779. The number of fused-ring (bicyclic) bond motifs is 1. The number of H-pyrrole nitrogens is 1. The van der Waals surface area contributed by atoms with Crippen molar-refractivity contribution >= 4 is 28.7 Å². The molecule has 0 saturated heterocycles. The topological polar surface area (TPSA) is 65.4 Å². The predicted octanol–water partition coefficient (Wildman–Crippen LogP) is 4.28. The number of rotatable bonds is 4. The Labute approximate surface area is 139 Å². The lowest BCUT2D eigenvalue weighted by Gasteiger charge is -2.04.